The van der Waals surface area contributed by atoms with E-state index in [1.807, 2.05) is 0 Å². The Kier molecular flexibility index (Phi) is 16.0. The van der Waals surface area contributed by atoms with E-state index < -0.39 is 122 Å². The Bertz CT molecular complexity index is 1570. The summed E-state index contributed by atoms with van der Waals surface area (Å²) in [5.41, 5.74) is 0. The maximum atomic E-state index is 13.9. The van der Waals surface area contributed by atoms with Crippen molar-refractivity contribution < 1.29 is 90.5 Å². The molecule has 1 aromatic carbocycles. The summed E-state index contributed by atoms with van der Waals surface area (Å²) in [7, 11) is 1.46. The summed E-state index contributed by atoms with van der Waals surface area (Å²) in [6, 6.07) is 3.55. The van der Waals surface area contributed by atoms with Crippen LogP contribution >= 0.6 is 0 Å². The van der Waals surface area contributed by atoms with Gasteiger partial charge in [-0.05, 0) is 24.3 Å². The predicted molar refractivity (Wildman–Crippen MR) is 177 cm³/mol. The molecule has 0 unspecified atom stereocenters. The number of benzene rings is 1. The first-order valence-corrected chi connectivity index (χ1v) is 16.7. The third-order valence-corrected chi connectivity index (χ3v) is 7.58. The Labute approximate surface area is 314 Å². The second kappa shape index (κ2) is 20.1. The van der Waals surface area contributed by atoms with Crippen molar-refractivity contribution in [2.24, 2.45) is 0 Å². The number of urea groups is 1. The number of rotatable bonds is 14. The van der Waals surface area contributed by atoms with Gasteiger partial charge in [-0.15, -0.1) is 0 Å². The summed E-state index contributed by atoms with van der Waals surface area (Å²) in [5, 5.41) is 4.95. The molecule has 2 fully saturated rings. The van der Waals surface area contributed by atoms with E-state index in [2.05, 4.69) is 10.6 Å². The van der Waals surface area contributed by atoms with Crippen LogP contribution in [0, 0.1) is 0 Å². The molecule has 3 rings (SSSR count). The SMILES string of the molecule is COc1ccc(O[C@H]2O[C@H](COC(C)=O)[C@@H](NC(=O)N[C@@H]3O[C@H](COC(C)=O)[C@H](OC(C)=O)[C@H](OC(C)=O)[C@H]3OC(C)=O)[C@H](OC(C)=O)[C@H]2OC(C)=O)cc1. The van der Waals surface area contributed by atoms with Gasteiger partial charge in [0.05, 0.1) is 7.11 Å². The fourth-order valence-corrected chi connectivity index (χ4v) is 5.62. The fourth-order valence-electron chi connectivity index (χ4n) is 5.62. The van der Waals surface area contributed by atoms with Crippen LogP contribution in [0.1, 0.15) is 48.5 Å². The standard InChI is InChI=1S/C34H44N2O19/c1-15(37)46-13-24-26(28(49-18(4)40)31(52-21(7)43)33(55-24)53-23-11-9-22(45-8)10-12-23)35-34(44)36-32-30(51-20(6)42)29(50-19(5)41)27(48-17(3)39)25(54-32)14-47-16(2)38/h9-12,24-33H,13-14H2,1-8H3,(H2,35,36,44)/t24-,25-,26-,27+,28+,29+,30-,31-,32-,33+/m1/s1. The number of carbonyl (C=O) groups is 8. The quantitative estimate of drug-likeness (QED) is 0.185. The van der Waals surface area contributed by atoms with Gasteiger partial charge in [-0.3, -0.25) is 33.6 Å². The van der Waals surface area contributed by atoms with Crippen LogP contribution in [-0.2, 0) is 76.2 Å². The average molecular weight is 785 g/mol. The molecule has 1 aromatic rings. The predicted octanol–water partition coefficient (Wildman–Crippen LogP) is -0.0237. The Morgan fingerprint density at radius 2 is 0.982 bits per heavy atom. The first kappa shape index (κ1) is 43.7. The van der Waals surface area contributed by atoms with Crippen LogP contribution in [0.2, 0.25) is 0 Å². The van der Waals surface area contributed by atoms with Gasteiger partial charge in [0.2, 0.25) is 12.4 Å². The molecule has 304 valence electrons. The van der Waals surface area contributed by atoms with Gasteiger partial charge in [0.25, 0.3) is 0 Å². The maximum Gasteiger partial charge on any atom is 0.317 e. The van der Waals surface area contributed by atoms with Crippen molar-refractivity contribution in [2.75, 3.05) is 20.3 Å². The normalized spacial score (nSPS) is 27.1. The molecule has 55 heavy (non-hydrogen) atoms. The van der Waals surface area contributed by atoms with E-state index >= 15 is 0 Å². The molecule has 2 saturated heterocycles. The molecule has 0 saturated carbocycles. The highest BCUT2D eigenvalue weighted by Crippen LogP contribution is 2.31. The largest absolute Gasteiger partial charge is 0.497 e. The van der Waals surface area contributed by atoms with Crippen LogP contribution < -0.4 is 20.1 Å². The lowest BCUT2D eigenvalue weighted by atomic mass is 9.95. The van der Waals surface area contributed by atoms with Crippen LogP contribution in [0.15, 0.2) is 24.3 Å². The molecule has 2 amide bonds. The Morgan fingerprint density at radius 1 is 0.527 bits per heavy atom. The van der Waals surface area contributed by atoms with E-state index in [9.17, 15) is 38.4 Å². The van der Waals surface area contributed by atoms with Crippen molar-refractivity contribution in [1.29, 1.82) is 0 Å². The van der Waals surface area contributed by atoms with Crippen molar-refractivity contribution in [3.8, 4) is 11.5 Å². The lowest BCUT2D eigenvalue weighted by molar-refractivity contribution is -0.263. The van der Waals surface area contributed by atoms with Crippen molar-refractivity contribution in [3.63, 3.8) is 0 Å². The molecule has 0 bridgehead atoms. The number of hydrogen-bond acceptors (Lipinski definition) is 19. The van der Waals surface area contributed by atoms with E-state index in [1.165, 1.54) is 19.2 Å². The third-order valence-electron chi connectivity index (χ3n) is 7.58. The number of esters is 7. The molecular weight excluding hydrogens is 740 g/mol. The van der Waals surface area contributed by atoms with Gasteiger partial charge in [0.15, 0.2) is 30.6 Å². The zero-order valence-corrected chi connectivity index (χ0v) is 31.3. The average Bonchev–Trinajstić information content (AvgIpc) is 3.07. The van der Waals surface area contributed by atoms with Crippen molar-refractivity contribution >= 4 is 47.8 Å². The van der Waals surface area contributed by atoms with Crippen LogP contribution in [0.3, 0.4) is 0 Å². The van der Waals surface area contributed by atoms with E-state index in [0.29, 0.717) is 5.75 Å². The minimum absolute atomic E-state index is 0.198. The summed E-state index contributed by atoms with van der Waals surface area (Å²) in [6.07, 6.45) is -13.9. The van der Waals surface area contributed by atoms with E-state index in [-0.39, 0.29) is 5.75 Å². The molecule has 2 N–H and O–H groups in total. The smallest absolute Gasteiger partial charge is 0.317 e. The number of carbonyl (C=O) groups excluding carboxylic acids is 8. The van der Waals surface area contributed by atoms with Gasteiger partial charge in [-0.2, -0.15) is 0 Å². The molecule has 21 heteroatoms. The van der Waals surface area contributed by atoms with Gasteiger partial charge in [-0.1, -0.05) is 0 Å². The molecular formula is C34H44N2O19. The first-order chi connectivity index (χ1) is 25.9. The van der Waals surface area contributed by atoms with Crippen molar-refractivity contribution in [1.82, 2.24) is 10.6 Å². The Hall–Kier alpha value is -5.70. The summed E-state index contributed by atoms with van der Waals surface area (Å²) in [6.45, 7) is 6.27. The van der Waals surface area contributed by atoms with Crippen LogP contribution in [0.4, 0.5) is 4.79 Å². The van der Waals surface area contributed by atoms with Gasteiger partial charge >= 0.3 is 47.8 Å². The van der Waals surface area contributed by atoms with Crippen LogP contribution in [0.25, 0.3) is 0 Å². The zero-order valence-electron chi connectivity index (χ0n) is 31.3. The third kappa shape index (κ3) is 13.3. The minimum Gasteiger partial charge on any atom is -0.497 e. The van der Waals surface area contributed by atoms with Crippen LogP contribution in [0.5, 0.6) is 11.5 Å². The zero-order chi connectivity index (χ0) is 41.0. The molecule has 0 radical (unpaired) electrons. The highest BCUT2D eigenvalue weighted by atomic mass is 16.7. The molecule has 21 nitrogen and oxygen atoms in total. The number of hydrogen-bond donors (Lipinski definition) is 2. The molecule has 0 aliphatic carbocycles. The molecule has 2 aliphatic rings. The topological polar surface area (TPSA) is 262 Å². The summed E-state index contributed by atoms with van der Waals surface area (Å²) in [4.78, 5) is 98.8. The highest BCUT2D eigenvalue weighted by Gasteiger charge is 2.55. The molecule has 10 atom stereocenters. The number of ether oxygens (including phenoxy) is 11. The number of amides is 2. The Balaban J connectivity index is 2.04. The Morgan fingerprint density at radius 3 is 1.49 bits per heavy atom. The number of methoxy groups -OCH3 is 1. The van der Waals surface area contributed by atoms with E-state index in [4.69, 9.17) is 52.1 Å². The summed E-state index contributed by atoms with van der Waals surface area (Å²) in [5.74, 6) is -5.26. The fraction of sp³-hybridized carbons (Fsp3) is 0.588. The lowest BCUT2D eigenvalue weighted by Crippen LogP contribution is -2.70. The summed E-state index contributed by atoms with van der Waals surface area (Å²) >= 11 is 0. The van der Waals surface area contributed by atoms with Crippen molar-refractivity contribution in [3.05, 3.63) is 24.3 Å². The van der Waals surface area contributed by atoms with E-state index in [0.717, 1.165) is 48.5 Å². The van der Waals surface area contributed by atoms with Crippen LogP contribution in [-0.4, -0.2) is 129 Å². The van der Waals surface area contributed by atoms with Gasteiger partial charge < -0.3 is 62.7 Å². The lowest BCUT2D eigenvalue weighted by Gasteiger charge is -2.46. The molecule has 0 spiro atoms. The van der Waals surface area contributed by atoms with E-state index in [1.54, 1.807) is 12.1 Å². The number of nitrogens with one attached hydrogen (secondary N) is 2. The maximum absolute atomic E-state index is 13.9. The molecule has 0 aromatic heterocycles. The van der Waals surface area contributed by atoms with Gasteiger partial charge in [0, 0.05) is 48.5 Å². The molecule has 2 heterocycles. The first-order valence-electron chi connectivity index (χ1n) is 16.7. The highest BCUT2D eigenvalue weighted by molar-refractivity contribution is 5.75. The monoisotopic (exact) mass is 784 g/mol. The second-order valence-corrected chi connectivity index (χ2v) is 12.1. The molecule has 2 aliphatic heterocycles. The second-order valence-electron chi connectivity index (χ2n) is 12.1. The van der Waals surface area contributed by atoms with Crippen molar-refractivity contribution in [2.45, 2.75) is 110 Å². The minimum atomic E-state index is -1.71. The van der Waals surface area contributed by atoms with Gasteiger partial charge in [-0.25, -0.2) is 4.79 Å². The van der Waals surface area contributed by atoms with Gasteiger partial charge in [0.1, 0.15) is 43.0 Å². The summed E-state index contributed by atoms with van der Waals surface area (Å²) < 4.78 is 60.6.